The molecule has 5 nitrogen and oxygen atoms in total. The van der Waals surface area contributed by atoms with Crippen molar-refractivity contribution in [1.29, 1.82) is 0 Å². The monoisotopic (exact) mass is 199 g/mol. The molecule has 3 heterocycles. The fraction of sp³-hybridized carbons (Fsp3) is 0.100. The van der Waals surface area contributed by atoms with Crippen molar-refractivity contribution in [2.75, 3.05) is 0 Å². The Morgan fingerprint density at radius 1 is 1.20 bits per heavy atom. The first kappa shape index (κ1) is 8.31. The molecule has 0 bridgehead atoms. The van der Waals surface area contributed by atoms with E-state index in [1.807, 2.05) is 18.2 Å². The van der Waals surface area contributed by atoms with Crippen LogP contribution in [0.5, 0.6) is 0 Å². The molecule has 3 aromatic heterocycles. The van der Waals surface area contributed by atoms with Gasteiger partial charge in [-0.1, -0.05) is 0 Å². The van der Waals surface area contributed by atoms with E-state index < -0.39 is 0 Å². The molecule has 0 saturated carbocycles. The summed E-state index contributed by atoms with van der Waals surface area (Å²) >= 11 is 0. The molecule has 0 unspecified atom stereocenters. The third-order valence-electron chi connectivity index (χ3n) is 2.37. The van der Waals surface area contributed by atoms with Crippen molar-refractivity contribution in [1.82, 2.24) is 19.6 Å². The van der Waals surface area contributed by atoms with Crippen LogP contribution in [0.1, 0.15) is 5.69 Å². The van der Waals surface area contributed by atoms with Gasteiger partial charge in [-0.2, -0.15) is 0 Å². The molecule has 0 aliphatic carbocycles. The first-order valence-corrected chi connectivity index (χ1v) is 4.67. The Bertz CT molecular complexity index is 628. The zero-order valence-electron chi connectivity index (χ0n) is 7.96. The maximum absolute atomic E-state index is 5.63. The second-order valence-electron chi connectivity index (χ2n) is 3.25. The highest BCUT2D eigenvalue weighted by molar-refractivity contribution is 5.89. The lowest BCUT2D eigenvalue weighted by atomic mass is 10.3. The Balaban J connectivity index is 2.53. The maximum Gasteiger partial charge on any atom is 0.183 e. The number of aromatic nitrogens is 4. The molecule has 0 aliphatic heterocycles. The van der Waals surface area contributed by atoms with Crippen molar-refractivity contribution in [3.63, 3.8) is 0 Å². The highest BCUT2D eigenvalue weighted by atomic mass is 15.3. The average molecular weight is 199 g/mol. The van der Waals surface area contributed by atoms with Crippen LogP contribution >= 0.6 is 0 Å². The van der Waals surface area contributed by atoms with Crippen LogP contribution in [-0.4, -0.2) is 19.6 Å². The van der Waals surface area contributed by atoms with Crippen LogP contribution in [0.15, 0.2) is 30.6 Å². The molecule has 74 valence electrons. The van der Waals surface area contributed by atoms with E-state index >= 15 is 0 Å². The van der Waals surface area contributed by atoms with E-state index in [4.69, 9.17) is 5.73 Å². The molecule has 0 fully saturated rings. The molecule has 5 heteroatoms. The Hall–Kier alpha value is -2.01. The van der Waals surface area contributed by atoms with Gasteiger partial charge in [0.25, 0.3) is 0 Å². The highest BCUT2D eigenvalue weighted by Gasteiger charge is 2.07. The third-order valence-corrected chi connectivity index (χ3v) is 2.37. The fourth-order valence-corrected chi connectivity index (χ4v) is 1.65. The lowest BCUT2D eigenvalue weighted by Crippen LogP contribution is -2.05. The second-order valence-corrected chi connectivity index (χ2v) is 3.25. The predicted octanol–water partition coefficient (Wildman–Crippen LogP) is 0.736. The summed E-state index contributed by atoms with van der Waals surface area (Å²) in [5.41, 5.74) is 8.06. The first-order valence-electron chi connectivity index (χ1n) is 4.67. The summed E-state index contributed by atoms with van der Waals surface area (Å²) in [6, 6.07) is 5.69. The number of fused-ring (bicyclic) bond motifs is 3. The Morgan fingerprint density at radius 3 is 3.00 bits per heavy atom. The maximum atomic E-state index is 5.63. The molecule has 0 radical (unpaired) electrons. The summed E-state index contributed by atoms with van der Waals surface area (Å²) in [7, 11) is 0. The molecule has 15 heavy (non-hydrogen) atoms. The van der Waals surface area contributed by atoms with E-state index in [1.54, 1.807) is 16.9 Å². The summed E-state index contributed by atoms with van der Waals surface area (Å²) < 4.78 is 1.75. The summed E-state index contributed by atoms with van der Waals surface area (Å²) in [5, 5.41) is 5.30. The highest BCUT2D eigenvalue weighted by Crippen LogP contribution is 2.15. The summed E-state index contributed by atoms with van der Waals surface area (Å²) in [6.07, 6.45) is 3.46. The van der Waals surface area contributed by atoms with Crippen LogP contribution in [0.25, 0.3) is 16.7 Å². The van der Waals surface area contributed by atoms with Crippen molar-refractivity contribution in [3.8, 4) is 0 Å². The average Bonchev–Trinajstić information content (AvgIpc) is 2.67. The minimum atomic E-state index is 0.438. The molecule has 0 atom stereocenters. The van der Waals surface area contributed by atoms with Crippen LogP contribution in [0.3, 0.4) is 0 Å². The summed E-state index contributed by atoms with van der Waals surface area (Å²) in [6.45, 7) is 0.438. The molecular formula is C10H9N5. The topological polar surface area (TPSA) is 69.1 Å². The van der Waals surface area contributed by atoms with E-state index in [9.17, 15) is 0 Å². The zero-order valence-corrected chi connectivity index (χ0v) is 7.96. The molecule has 3 rings (SSSR count). The van der Waals surface area contributed by atoms with Crippen molar-refractivity contribution in [2.45, 2.75) is 6.54 Å². The van der Waals surface area contributed by atoms with E-state index in [0.29, 0.717) is 12.2 Å². The quantitative estimate of drug-likeness (QED) is 0.627. The normalized spacial score (nSPS) is 11.3. The minimum absolute atomic E-state index is 0.438. The molecule has 0 saturated heterocycles. The van der Waals surface area contributed by atoms with Gasteiger partial charge in [0.1, 0.15) is 0 Å². The van der Waals surface area contributed by atoms with Crippen molar-refractivity contribution in [2.24, 2.45) is 5.73 Å². The Labute approximate surface area is 85.6 Å². The molecule has 2 N–H and O–H groups in total. The van der Waals surface area contributed by atoms with Gasteiger partial charge < -0.3 is 5.73 Å². The molecule has 0 aliphatic rings. The third kappa shape index (κ3) is 1.10. The Morgan fingerprint density at radius 2 is 2.13 bits per heavy atom. The number of hydrogen-bond acceptors (Lipinski definition) is 4. The number of nitrogens with two attached hydrogens (primary N) is 1. The van der Waals surface area contributed by atoms with Gasteiger partial charge in [-0.3, -0.25) is 0 Å². The van der Waals surface area contributed by atoms with Crippen LogP contribution in [-0.2, 0) is 6.54 Å². The predicted molar refractivity (Wildman–Crippen MR) is 56.2 cm³/mol. The Kier molecular flexibility index (Phi) is 1.66. The van der Waals surface area contributed by atoms with Gasteiger partial charge in [-0.25, -0.2) is 14.5 Å². The van der Waals surface area contributed by atoms with Crippen LogP contribution in [0.2, 0.25) is 0 Å². The van der Waals surface area contributed by atoms with Crippen molar-refractivity contribution < 1.29 is 0 Å². The van der Waals surface area contributed by atoms with E-state index in [2.05, 4.69) is 15.1 Å². The minimum Gasteiger partial charge on any atom is -0.325 e. The van der Waals surface area contributed by atoms with Gasteiger partial charge in [-0.15, -0.1) is 5.10 Å². The molecule has 0 amide bonds. The van der Waals surface area contributed by atoms with Gasteiger partial charge in [0.05, 0.1) is 11.1 Å². The van der Waals surface area contributed by atoms with Crippen LogP contribution in [0.4, 0.5) is 0 Å². The standard InChI is InChI=1S/C10H9N5/c11-6-7-3-5-13-10-8-2-1-4-12-9(8)14-15(7)10/h1-5H,6,11H2. The van der Waals surface area contributed by atoms with Gasteiger partial charge in [0.15, 0.2) is 11.3 Å². The van der Waals surface area contributed by atoms with Gasteiger partial charge >= 0.3 is 0 Å². The lowest BCUT2D eigenvalue weighted by molar-refractivity contribution is 0.841. The number of nitrogens with zero attached hydrogens (tertiary/aromatic N) is 4. The van der Waals surface area contributed by atoms with Gasteiger partial charge in [0.2, 0.25) is 0 Å². The van der Waals surface area contributed by atoms with E-state index in [-0.39, 0.29) is 0 Å². The van der Waals surface area contributed by atoms with Gasteiger partial charge in [-0.05, 0) is 18.2 Å². The van der Waals surface area contributed by atoms with Crippen LogP contribution < -0.4 is 5.73 Å². The largest absolute Gasteiger partial charge is 0.325 e. The van der Waals surface area contributed by atoms with E-state index in [0.717, 1.165) is 16.7 Å². The molecule has 0 spiro atoms. The SMILES string of the molecule is NCc1ccnc2c3cccnc3nn12. The zero-order chi connectivity index (χ0) is 10.3. The molecule has 3 aromatic rings. The van der Waals surface area contributed by atoms with Crippen molar-refractivity contribution >= 4 is 16.7 Å². The molecule has 0 aromatic carbocycles. The first-order chi connectivity index (χ1) is 7.40. The summed E-state index contributed by atoms with van der Waals surface area (Å²) in [5.74, 6) is 0. The number of rotatable bonds is 1. The number of pyridine rings is 1. The van der Waals surface area contributed by atoms with Crippen LogP contribution in [0, 0.1) is 0 Å². The van der Waals surface area contributed by atoms with E-state index in [1.165, 1.54) is 0 Å². The fourth-order valence-electron chi connectivity index (χ4n) is 1.65. The summed E-state index contributed by atoms with van der Waals surface area (Å²) in [4.78, 5) is 8.46. The second kappa shape index (κ2) is 2.99. The van der Waals surface area contributed by atoms with Gasteiger partial charge in [0, 0.05) is 18.9 Å². The number of hydrogen-bond donors (Lipinski definition) is 1. The van der Waals surface area contributed by atoms with Crippen molar-refractivity contribution in [3.05, 3.63) is 36.3 Å². The lowest BCUT2D eigenvalue weighted by Gasteiger charge is -1.98. The smallest absolute Gasteiger partial charge is 0.183 e. The molecular weight excluding hydrogens is 190 g/mol.